The number of anilines is 1. The Kier molecular flexibility index (Phi) is 8.11. The first-order valence-electron chi connectivity index (χ1n) is 10.8. The molecule has 3 aromatic rings. The van der Waals surface area contributed by atoms with Crippen LogP contribution in [0.1, 0.15) is 45.3 Å². The van der Waals surface area contributed by atoms with Crippen LogP contribution in [0.3, 0.4) is 0 Å². The lowest BCUT2D eigenvalue weighted by molar-refractivity contribution is 0.0827. The molecule has 1 aromatic heterocycles. The molecule has 32 heavy (non-hydrogen) atoms. The highest BCUT2D eigenvalue weighted by Crippen LogP contribution is 2.18. The quantitative estimate of drug-likeness (QED) is 0.535. The Bertz CT molecular complexity index is 1040. The molecular formula is C26H30N4O2. The van der Waals surface area contributed by atoms with Crippen molar-refractivity contribution >= 4 is 17.5 Å². The summed E-state index contributed by atoms with van der Waals surface area (Å²) in [6, 6.07) is 21.4. The fourth-order valence-electron chi connectivity index (χ4n) is 3.36. The van der Waals surface area contributed by atoms with Crippen LogP contribution >= 0.6 is 0 Å². The van der Waals surface area contributed by atoms with Gasteiger partial charge in [-0.25, -0.2) is 0 Å². The molecule has 0 fully saturated rings. The molecule has 0 spiro atoms. The van der Waals surface area contributed by atoms with E-state index in [1.807, 2.05) is 18.2 Å². The maximum absolute atomic E-state index is 12.6. The molecule has 1 unspecified atom stereocenters. The molecule has 0 aliphatic rings. The summed E-state index contributed by atoms with van der Waals surface area (Å²) in [4.78, 5) is 30.7. The maximum atomic E-state index is 12.6. The van der Waals surface area contributed by atoms with E-state index < -0.39 is 0 Å². The summed E-state index contributed by atoms with van der Waals surface area (Å²) in [5.74, 6) is -0.424. The Morgan fingerprint density at radius 3 is 2.41 bits per heavy atom. The Morgan fingerprint density at radius 1 is 0.969 bits per heavy atom. The summed E-state index contributed by atoms with van der Waals surface area (Å²) in [6.45, 7) is 2.75. The molecule has 0 bridgehead atoms. The van der Waals surface area contributed by atoms with Gasteiger partial charge in [0.05, 0.1) is 0 Å². The van der Waals surface area contributed by atoms with Gasteiger partial charge in [-0.3, -0.25) is 14.6 Å². The van der Waals surface area contributed by atoms with Gasteiger partial charge in [0.2, 0.25) is 0 Å². The predicted molar refractivity (Wildman–Crippen MR) is 128 cm³/mol. The van der Waals surface area contributed by atoms with Crippen molar-refractivity contribution in [3.8, 4) is 0 Å². The molecule has 166 valence electrons. The van der Waals surface area contributed by atoms with E-state index in [9.17, 15) is 9.59 Å². The third-order valence-electron chi connectivity index (χ3n) is 5.16. The lowest BCUT2D eigenvalue weighted by atomic mass is 10.0. The molecule has 0 aliphatic carbocycles. The Balaban J connectivity index is 1.69. The van der Waals surface area contributed by atoms with Crippen molar-refractivity contribution in [3.63, 3.8) is 0 Å². The molecule has 0 saturated heterocycles. The van der Waals surface area contributed by atoms with Crippen LogP contribution in [0.15, 0.2) is 72.9 Å². The van der Waals surface area contributed by atoms with Gasteiger partial charge in [-0.2, -0.15) is 0 Å². The van der Waals surface area contributed by atoms with Crippen LogP contribution in [0.4, 0.5) is 5.69 Å². The van der Waals surface area contributed by atoms with Crippen molar-refractivity contribution in [1.29, 1.82) is 0 Å². The first-order valence-corrected chi connectivity index (χ1v) is 10.8. The van der Waals surface area contributed by atoms with Gasteiger partial charge in [0.1, 0.15) is 5.69 Å². The minimum Gasteiger partial charge on any atom is -0.345 e. The summed E-state index contributed by atoms with van der Waals surface area (Å²) < 4.78 is 0. The minimum absolute atomic E-state index is 0.114. The van der Waals surface area contributed by atoms with Crippen molar-refractivity contribution in [1.82, 2.24) is 15.2 Å². The average Bonchev–Trinajstić information content (AvgIpc) is 2.82. The van der Waals surface area contributed by atoms with Crippen molar-refractivity contribution < 1.29 is 9.59 Å². The second-order valence-electron chi connectivity index (χ2n) is 8.09. The topological polar surface area (TPSA) is 74.3 Å². The van der Waals surface area contributed by atoms with Crippen LogP contribution in [-0.4, -0.2) is 41.8 Å². The Hall–Kier alpha value is -3.51. The molecule has 0 radical (unpaired) electrons. The number of aromatic nitrogens is 1. The van der Waals surface area contributed by atoms with E-state index in [2.05, 4.69) is 46.8 Å². The zero-order valence-electron chi connectivity index (χ0n) is 18.8. The third kappa shape index (κ3) is 6.75. The van der Waals surface area contributed by atoms with Gasteiger partial charge in [-0.1, -0.05) is 36.4 Å². The summed E-state index contributed by atoms with van der Waals surface area (Å²) in [7, 11) is 3.43. The maximum Gasteiger partial charge on any atom is 0.274 e. The Labute approximate surface area is 189 Å². The molecule has 1 atom stereocenters. The molecular weight excluding hydrogens is 400 g/mol. The largest absolute Gasteiger partial charge is 0.345 e. The number of aryl methyl sites for hydroxylation is 1. The zero-order valence-corrected chi connectivity index (χ0v) is 18.8. The molecule has 1 heterocycles. The number of hydrogen-bond acceptors (Lipinski definition) is 4. The van der Waals surface area contributed by atoms with Gasteiger partial charge in [0.15, 0.2) is 0 Å². The second-order valence-corrected chi connectivity index (χ2v) is 8.09. The smallest absolute Gasteiger partial charge is 0.274 e. The normalized spacial score (nSPS) is 11.6. The molecule has 2 N–H and O–H groups in total. The van der Waals surface area contributed by atoms with Crippen LogP contribution in [-0.2, 0) is 13.0 Å². The number of carbonyl (C=O) groups is 2. The van der Waals surface area contributed by atoms with Crippen LogP contribution in [0.25, 0.3) is 0 Å². The fourth-order valence-corrected chi connectivity index (χ4v) is 3.36. The van der Waals surface area contributed by atoms with E-state index in [-0.39, 0.29) is 11.8 Å². The highest BCUT2D eigenvalue weighted by Gasteiger charge is 2.14. The van der Waals surface area contributed by atoms with Gasteiger partial charge in [-0.05, 0) is 61.2 Å². The highest BCUT2D eigenvalue weighted by atomic mass is 16.2. The van der Waals surface area contributed by atoms with Gasteiger partial charge in [-0.15, -0.1) is 0 Å². The van der Waals surface area contributed by atoms with E-state index >= 15 is 0 Å². The summed E-state index contributed by atoms with van der Waals surface area (Å²) >= 11 is 0. The van der Waals surface area contributed by atoms with E-state index in [1.165, 1.54) is 10.5 Å². The van der Waals surface area contributed by atoms with Crippen LogP contribution < -0.4 is 10.6 Å². The third-order valence-corrected chi connectivity index (χ3v) is 5.16. The van der Waals surface area contributed by atoms with Crippen LogP contribution in [0.2, 0.25) is 0 Å². The molecule has 6 nitrogen and oxygen atoms in total. The Morgan fingerprint density at radius 2 is 1.72 bits per heavy atom. The molecule has 3 rings (SSSR count). The minimum atomic E-state index is -0.310. The zero-order chi connectivity index (χ0) is 22.9. The molecule has 2 aromatic carbocycles. The van der Waals surface area contributed by atoms with Crippen LogP contribution in [0, 0.1) is 0 Å². The summed E-state index contributed by atoms with van der Waals surface area (Å²) in [6.07, 6.45) is 3.58. The summed E-state index contributed by atoms with van der Waals surface area (Å²) in [5.41, 5.74) is 3.68. The number of nitrogens with one attached hydrogen (secondary N) is 2. The number of benzene rings is 2. The van der Waals surface area contributed by atoms with Gasteiger partial charge < -0.3 is 15.5 Å². The SMILES string of the molecule is CC(CCc1ccccc1)NCc1cc(NC(=O)c2ccccn2)cc(C(=O)N(C)C)c1. The molecule has 0 aliphatic heterocycles. The number of pyridine rings is 1. The first-order chi connectivity index (χ1) is 15.4. The first kappa shape index (κ1) is 23.2. The number of amides is 2. The van der Waals surface area contributed by atoms with Gasteiger partial charge in [0.25, 0.3) is 11.8 Å². The highest BCUT2D eigenvalue weighted by molar-refractivity contribution is 6.04. The lowest BCUT2D eigenvalue weighted by Gasteiger charge is -2.17. The standard InChI is InChI=1S/C26H30N4O2/c1-19(12-13-20-9-5-4-6-10-20)28-18-21-15-22(26(32)30(2)3)17-23(16-21)29-25(31)24-11-7-8-14-27-24/h4-11,14-17,19,28H,12-13,18H2,1-3H3,(H,29,31). The van der Waals surface area contributed by atoms with Gasteiger partial charge >= 0.3 is 0 Å². The average molecular weight is 431 g/mol. The molecule has 6 heteroatoms. The number of nitrogens with zero attached hydrogens (tertiary/aromatic N) is 2. The predicted octanol–water partition coefficient (Wildman–Crippen LogP) is 4.15. The molecule has 2 amide bonds. The monoisotopic (exact) mass is 430 g/mol. The lowest BCUT2D eigenvalue weighted by Crippen LogP contribution is -2.27. The van der Waals surface area contributed by atoms with Crippen LogP contribution in [0.5, 0.6) is 0 Å². The van der Waals surface area contributed by atoms with Gasteiger partial charge in [0, 0.05) is 44.1 Å². The van der Waals surface area contributed by atoms with Crippen molar-refractivity contribution in [2.45, 2.75) is 32.4 Å². The molecule has 0 saturated carbocycles. The fraction of sp³-hybridized carbons (Fsp3) is 0.269. The van der Waals surface area contributed by atoms with Crippen molar-refractivity contribution in [2.24, 2.45) is 0 Å². The van der Waals surface area contributed by atoms with E-state index in [0.717, 1.165) is 18.4 Å². The number of hydrogen-bond donors (Lipinski definition) is 2. The van der Waals surface area contributed by atoms with Crippen molar-refractivity contribution in [3.05, 3.63) is 95.3 Å². The van der Waals surface area contributed by atoms with E-state index in [0.29, 0.717) is 29.5 Å². The number of rotatable bonds is 9. The number of carbonyl (C=O) groups excluding carboxylic acids is 2. The van der Waals surface area contributed by atoms with E-state index in [1.54, 1.807) is 44.6 Å². The van der Waals surface area contributed by atoms with E-state index in [4.69, 9.17) is 0 Å². The second kappa shape index (κ2) is 11.2. The van der Waals surface area contributed by atoms with Crippen molar-refractivity contribution in [2.75, 3.05) is 19.4 Å². The summed E-state index contributed by atoms with van der Waals surface area (Å²) in [5, 5.41) is 6.39.